The number of anilines is 1. The number of carbonyl (C=O) groups is 3. The number of esters is 1. The Balaban J connectivity index is 1.75. The van der Waals surface area contributed by atoms with Gasteiger partial charge in [-0.05, 0) is 23.8 Å². The van der Waals surface area contributed by atoms with Gasteiger partial charge in [-0.25, -0.2) is 0 Å². The van der Waals surface area contributed by atoms with Crippen molar-refractivity contribution in [3.63, 3.8) is 0 Å². The summed E-state index contributed by atoms with van der Waals surface area (Å²) in [4.78, 5) is 35.4. The summed E-state index contributed by atoms with van der Waals surface area (Å²) >= 11 is 0. The van der Waals surface area contributed by atoms with Gasteiger partial charge in [0.2, 0.25) is 5.91 Å². The topological polar surface area (TPSA) is 103 Å². The van der Waals surface area contributed by atoms with Crippen LogP contribution in [0.25, 0.3) is 6.08 Å². The molecule has 0 saturated carbocycles. The quantitative estimate of drug-likeness (QED) is 0.495. The van der Waals surface area contributed by atoms with Crippen molar-refractivity contribution in [2.75, 3.05) is 32.7 Å². The van der Waals surface area contributed by atoms with Gasteiger partial charge in [-0.1, -0.05) is 30.3 Å². The third-order valence-corrected chi connectivity index (χ3v) is 3.68. The number of rotatable bonds is 9. The zero-order chi connectivity index (χ0) is 21.1. The number of nitrogens with one attached hydrogen (secondary N) is 2. The molecule has 0 aliphatic heterocycles. The molecule has 2 aromatic carbocycles. The van der Waals surface area contributed by atoms with E-state index in [1.807, 2.05) is 30.3 Å². The average Bonchev–Trinajstić information content (AvgIpc) is 2.75. The fourth-order valence-electron chi connectivity index (χ4n) is 2.25. The van der Waals surface area contributed by atoms with Gasteiger partial charge in [0.05, 0.1) is 19.9 Å². The van der Waals surface area contributed by atoms with Crippen molar-refractivity contribution in [1.29, 1.82) is 0 Å². The molecule has 2 rings (SSSR count). The van der Waals surface area contributed by atoms with Crippen LogP contribution in [0, 0.1) is 0 Å². The first-order valence-electron chi connectivity index (χ1n) is 8.70. The van der Waals surface area contributed by atoms with Crippen LogP contribution in [0.1, 0.15) is 5.56 Å². The molecule has 0 unspecified atom stereocenters. The highest BCUT2D eigenvalue weighted by molar-refractivity contribution is 5.95. The molecule has 0 aromatic heterocycles. The molecular formula is C21H22N2O6. The summed E-state index contributed by atoms with van der Waals surface area (Å²) in [6.07, 6.45) is 2.93. The molecule has 0 spiro atoms. The van der Waals surface area contributed by atoms with E-state index in [1.54, 1.807) is 24.3 Å². The van der Waals surface area contributed by atoms with Crippen molar-refractivity contribution in [1.82, 2.24) is 5.32 Å². The van der Waals surface area contributed by atoms with Crippen molar-refractivity contribution >= 4 is 29.5 Å². The predicted octanol–water partition coefficient (Wildman–Crippen LogP) is 2.02. The van der Waals surface area contributed by atoms with Gasteiger partial charge in [-0.2, -0.15) is 0 Å². The summed E-state index contributed by atoms with van der Waals surface area (Å²) in [5.74, 6) is -0.775. The van der Waals surface area contributed by atoms with Crippen LogP contribution in [0.4, 0.5) is 5.69 Å². The highest BCUT2D eigenvalue weighted by Gasteiger charge is 2.12. The maximum atomic E-state index is 12.0. The SMILES string of the molecule is COc1ccc(OC)c(NC(=O)COC(=O)CNC(=O)/C=C/c2ccccc2)c1. The molecule has 0 saturated heterocycles. The molecule has 2 amide bonds. The van der Waals surface area contributed by atoms with E-state index in [2.05, 4.69) is 10.6 Å². The van der Waals surface area contributed by atoms with Gasteiger partial charge in [0.25, 0.3) is 5.91 Å². The number of hydrogen-bond donors (Lipinski definition) is 2. The van der Waals surface area contributed by atoms with Crippen molar-refractivity contribution in [2.45, 2.75) is 0 Å². The molecule has 2 aromatic rings. The first-order chi connectivity index (χ1) is 14.0. The predicted molar refractivity (Wildman–Crippen MR) is 108 cm³/mol. The standard InChI is InChI=1S/C21H22N2O6/c1-27-16-9-10-18(28-2)17(12-16)23-20(25)14-29-21(26)13-22-19(24)11-8-15-6-4-3-5-7-15/h3-12H,13-14H2,1-2H3,(H,22,24)(H,23,25)/b11-8+. The lowest BCUT2D eigenvalue weighted by Gasteiger charge is -2.12. The molecule has 8 nitrogen and oxygen atoms in total. The van der Waals surface area contributed by atoms with Gasteiger partial charge in [-0.3, -0.25) is 14.4 Å². The molecule has 0 aliphatic rings. The molecule has 2 N–H and O–H groups in total. The van der Waals surface area contributed by atoms with Crippen LogP contribution < -0.4 is 20.1 Å². The Kier molecular flexibility index (Phi) is 8.25. The van der Waals surface area contributed by atoms with Crippen LogP contribution in [0.15, 0.2) is 54.6 Å². The molecule has 0 bridgehead atoms. The van der Waals surface area contributed by atoms with Crippen LogP contribution in [-0.2, 0) is 19.1 Å². The number of ether oxygens (including phenoxy) is 3. The fourth-order valence-corrected chi connectivity index (χ4v) is 2.25. The first kappa shape index (κ1) is 21.5. The Labute approximate surface area is 168 Å². The fraction of sp³-hybridized carbons (Fsp3) is 0.190. The summed E-state index contributed by atoms with van der Waals surface area (Å²) in [6.45, 7) is -0.858. The number of methoxy groups -OCH3 is 2. The van der Waals surface area contributed by atoms with Crippen LogP contribution in [0.5, 0.6) is 11.5 Å². The molecule has 0 fully saturated rings. The van der Waals surface area contributed by atoms with E-state index < -0.39 is 24.4 Å². The van der Waals surface area contributed by atoms with Crippen molar-refractivity contribution < 1.29 is 28.6 Å². The lowest BCUT2D eigenvalue weighted by atomic mass is 10.2. The van der Waals surface area contributed by atoms with Crippen LogP contribution in [0.3, 0.4) is 0 Å². The second kappa shape index (κ2) is 11.1. The lowest BCUT2D eigenvalue weighted by molar-refractivity contribution is -0.146. The summed E-state index contributed by atoms with van der Waals surface area (Å²) in [6, 6.07) is 14.2. The maximum absolute atomic E-state index is 12.0. The maximum Gasteiger partial charge on any atom is 0.325 e. The highest BCUT2D eigenvalue weighted by Crippen LogP contribution is 2.28. The Morgan fingerprint density at radius 2 is 1.76 bits per heavy atom. The third-order valence-electron chi connectivity index (χ3n) is 3.68. The summed E-state index contributed by atoms with van der Waals surface area (Å²) in [5.41, 5.74) is 1.24. The lowest BCUT2D eigenvalue weighted by Crippen LogP contribution is -2.31. The van der Waals surface area contributed by atoms with Crippen LogP contribution >= 0.6 is 0 Å². The van der Waals surface area contributed by atoms with Crippen LogP contribution in [0.2, 0.25) is 0 Å². The van der Waals surface area contributed by atoms with Gasteiger partial charge in [-0.15, -0.1) is 0 Å². The largest absolute Gasteiger partial charge is 0.497 e. The van der Waals surface area contributed by atoms with E-state index >= 15 is 0 Å². The van der Waals surface area contributed by atoms with Crippen molar-refractivity contribution in [3.05, 3.63) is 60.2 Å². The zero-order valence-electron chi connectivity index (χ0n) is 16.1. The van der Waals surface area contributed by atoms with E-state index in [4.69, 9.17) is 14.2 Å². The van der Waals surface area contributed by atoms with E-state index in [-0.39, 0.29) is 6.54 Å². The first-order valence-corrected chi connectivity index (χ1v) is 8.70. The average molecular weight is 398 g/mol. The summed E-state index contributed by atoms with van der Waals surface area (Å²) in [5, 5.41) is 4.97. The van der Waals surface area contributed by atoms with Gasteiger partial charge < -0.3 is 24.8 Å². The molecular weight excluding hydrogens is 376 g/mol. The van der Waals surface area contributed by atoms with Gasteiger partial charge in [0.1, 0.15) is 18.0 Å². The van der Waals surface area contributed by atoms with Gasteiger partial charge >= 0.3 is 5.97 Å². The highest BCUT2D eigenvalue weighted by atomic mass is 16.5. The summed E-state index contributed by atoms with van der Waals surface area (Å²) < 4.78 is 15.1. The Morgan fingerprint density at radius 3 is 2.45 bits per heavy atom. The molecule has 0 atom stereocenters. The van der Waals surface area contributed by atoms with Crippen molar-refractivity contribution in [2.24, 2.45) is 0 Å². The molecule has 29 heavy (non-hydrogen) atoms. The monoisotopic (exact) mass is 398 g/mol. The molecule has 8 heteroatoms. The molecule has 0 heterocycles. The molecule has 0 aliphatic carbocycles. The molecule has 152 valence electrons. The number of benzene rings is 2. The second-order valence-corrected chi connectivity index (χ2v) is 5.74. The van der Waals surface area contributed by atoms with Crippen LogP contribution in [-0.4, -0.2) is 45.2 Å². The van der Waals surface area contributed by atoms with E-state index in [9.17, 15) is 14.4 Å². The minimum Gasteiger partial charge on any atom is -0.497 e. The smallest absolute Gasteiger partial charge is 0.325 e. The van der Waals surface area contributed by atoms with E-state index in [0.29, 0.717) is 17.2 Å². The number of amides is 2. The zero-order valence-corrected chi connectivity index (χ0v) is 16.1. The van der Waals surface area contributed by atoms with Gasteiger partial charge in [0, 0.05) is 12.1 Å². The van der Waals surface area contributed by atoms with E-state index in [1.165, 1.54) is 20.3 Å². The number of hydrogen-bond acceptors (Lipinski definition) is 6. The third kappa shape index (κ3) is 7.37. The van der Waals surface area contributed by atoms with Crippen molar-refractivity contribution in [3.8, 4) is 11.5 Å². The minimum atomic E-state index is -0.737. The normalized spacial score (nSPS) is 10.3. The Hall–Kier alpha value is -3.81. The Bertz CT molecular complexity index is 880. The molecule has 0 radical (unpaired) electrons. The second-order valence-electron chi connectivity index (χ2n) is 5.74. The minimum absolute atomic E-state index is 0.353. The number of carbonyl (C=O) groups excluding carboxylic acids is 3. The van der Waals surface area contributed by atoms with E-state index in [0.717, 1.165) is 5.56 Å². The van der Waals surface area contributed by atoms with Gasteiger partial charge in [0.15, 0.2) is 6.61 Å². The Morgan fingerprint density at radius 1 is 1.00 bits per heavy atom. The summed E-state index contributed by atoms with van der Waals surface area (Å²) in [7, 11) is 2.96.